The van der Waals surface area contributed by atoms with Gasteiger partial charge in [-0.1, -0.05) is 112 Å². The van der Waals surface area contributed by atoms with Gasteiger partial charge in [0, 0.05) is 11.3 Å². The molecule has 0 aromatic heterocycles. The number of amidine groups is 1. The van der Waals surface area contributed by atoms with Crippen molar-refractivity contribution in [3.05, 3.63) is 126 Å². The highest BCUT2D eigenvalue weighted by Gasteiger charge is 2.30. The Morgan fingerprint density at radius 3 is 1.88 bits per heavy atom. The first kappa shape index (κ1) is 23.3. The third-order valence-electron chi connectivity index (χ3n) is 6.10. The second kappa shape index (κ2) is 9.96. The highest BCUT2D eigenvalue weighted by Crippen LogP contribution is 2.43. The monoisotopic (exact) mass is 447 g/mol. The molecule has 2 N–H and O–H groups in total. The van der Waals surface area contributed by atoms with Crippen molar-refractivity contribution in [1.29, 1.82) is 5.41 Å². The lowest BCUT2D eigenvalue weighted by Gasteiger charge is -2.38. The van der Waals surface area contributed by atoms with E-state index in [0.717, 1.165) is 28.2 Å². The zero-order valence-corrected chi connectivity index (χ0v) is 20.4. The molecule has 4 rings (SSSR count). The number of benzene rings is 4. The van der Waals surface area contributed by atoms with E-state index in [9.17, 15) is 5.41 Å². The molecule has 3 nitrogen and oxygen atoms in total. The first-order chi connectivity index (χ1) is 16.4. The number of rotatable bonds is 6. The summed E-state index contributed by atoms with van der Waals surface area (Å²) in [7, 11) is 0. The predicted octanol–water partition coefficient (Wildman–Crippen LogP) is 8.32. The quantitative estimate of drug-likeness (QED) is 0.230. The first-order valence-electron chi connectivity index (χ1n) is 11.8. The molecule has 4 aromatic rings. The fourth-order valence-electron chi connectivity index (χ4n) is 4.30. The van der Waals surface area contributed by atoms with E-state index in [-0.39, 0.29) is 11.5 Å². The molecule has 3 heteroatoms. The fourth-order valence-corrected chi connectivity index (χ4v) is 4.30. The smallest absolute Gasteiger partial charge is 0.133 e. The van der Waals surface area contributed by atoms with E-state index in [1.165, 1.54) is 5.56 Å². The van der Waals surface area contributed by atoms with Crippen LogP contribution in [0.2, 0.25) is 0 Å². The molecule has 0 fully saturated rings. The molecular formula is C31H33N3. The standard InChI is InChI=1S/C31H33N3/c1-23(24-15-8-5-9-16-24)34(30(32)25-17-10-6-11-18-25)29-27(31(2,3)4)21-14-22-28(29)33-26-19-12-7-13-20-26/h5-23,32-33H,1-4H3. The van der Waals surface area contributed by atoms with E-state index in [4.69, 9.17) is 0 Å². The Hall–Kier alpha value is -3.85. The molecule has 0 spiro atoms. The van der Waals surface area contributed by atoms with E-state index < -0.39 is 0 Å². The summed E-state index contributed by atoms with van der Waals surface area (Å²) in [6.45, 7) is 8.87. The molecule has 0 aliphatic heterocycles. The molecule has 0 radical (unpaired) electrons. The maximum atomic E-state index is 9.38. The Morgan fingerprint density at radius 1 is 0.735 bits per heavy atom. The van der Waals surface area contributed by atoms with Gasteiger partial charge in [-0.25, -0.2) is 0 Å². The topological polar surface area (TPSA) is 39.1 Å². The average molecular weight is 448 g/mol. The van der Waals surface area contributed by atoms with Gasteiger partial charge in [-0.05, 0) is 41.7 Å². The second-order valence-corrected chi connectivity index (χ2v) is 9.61. The third-order valence-corrected chi connectivity index (χ3v) is 6.10. The van der Waals surface area contributed by atoms with E-state index in [0.29, 0.717) is 5.84 Å². The second-order valence-electron chi connectivity index (χ2n) is 9.61. The van der Waals surface area contributed by atoms with Crippen molar-refractivity contribution in [2.45, 2.75) is 39.2 Å². The third kappa shape index (κ3) is 5.04. The number of nitrogens with one attached hydrogen (secondary N) is 2. The summed E-state index contributed by atoms with van der Waals surface area (Å²) < 4.78 is 0. The summed E-state index contributed by atoms with van der Waals surface area (Å²) in [6.07, 6.45) is 0. The zero-order valence-electron chi connectivity index (χ0n) is 20.4. The minimum Gasteiger partial charge on any atom is -0.354 e. The van der Waals surface area contributed by atoms with Gasteiger partial charge >= 0.3 is 0 Å². The lowest BCUT2D eigenvalue weighted by molar-refractivity contribution is 0.587. The Bertz CT molecular complexity index is 1230. The van der Waals surface area contributed by atoms with Crippen LogP contribution in [0.5, 0.6) is 0 Å². The van der Waals surface area contributed by atoms with E-state index >= 15 is 0 Å². The minimum atomic E-state index is -0.116. The lowest BCUT2D eigenvalue weighted by Crippen LogP contribution is -2.36. The molecule has 0 amide bonds. The summed E-state index contributed by atoms with van der Waals surface area (Å²) in [5, 5.41) is 13.0. The maximum Gasteiger partial charge on any atom is 0.133 e. The average Bonchev–Trinajstić information content (AvgIpc) is 2.86. The van der Waals surface area contributed by atoms with Crippen molar-refractivity contribution in [2.24, 2.45) is 0 Å². The molecule has 0 aliphatic carbocycles. The molecule has 0 heterocycles. The molecule has 1 unspecified atom stereocenters. The van der Waals surface area contributed by atoms with Crippen LogP contribution in [0, 0.1) is 5.41 Å². The van der Waals surface area contributed by atoms with Gasteiger partial charge in [0.05, 0.1) is 17.4 Å². The molecule has 0 saturated carbocycles. The number of anilines is 3. The van der Waals surface area contributed by atoms with E-state index in [1.54, 1.807) is 0 Å². The first-order valence-corrected chi connectivity index (χ1v) is 11.8. The Balaban J connectivity index is 1.94. The van der Waals surface area contributed by atoms with Gasteiger partial charge in [-0.15, -0.1) is 0 Å². The van der Waals surface area contributed by atoms with Gasteiger partial charge in [-0.3, -0.25) is 5.41 Å². The van der Waals surface area contributed by atoms with Crippen LogP contribution >= 0.6 is 0 Å². The van der Waals surface area contributed by atoms with Crippen LogP contribution in [0.4, 0.5) is 17.1 Å². The van der Waals surface area contributed by atoms with Gasteiger partial charge in [0.25, 0.3) is 0 Å². The summed E-state index contributed by atoms with van der Waals surface area (Å²) in [4.78, 5) is 2.18. The summed E-state index contributed by atoms with van der Waals surface area (Å²) in [5.74, 6) is 0.477. The number of para-hydroxylation sites is 2. The number of nitrogens with zero attached hydrogens (tertiary/aromatic N) is 1. The highest BCUT2D eigenvalue weighted by atomic mass is 15.2. The minimum absolute atomic E-state index is 0.0475. The maximum absolute atomic E-state index is 9.38. The Labute approximate surface area is 203 Å². The molecule has 0 aliphatic rings. The highest BCUT2D eigenvalue weighted by molar-refractivity contribution is 6.10. The van der Waals surface area contributed by atoms with Crippen LogP contribution < -0.4 is 10.2 Å². The largest absolute Gasteiger partial charge is 0.354 e. The number of hydrogen-bond acceptors (Lipinski definition) is 2. The Kier molecular flexibility index (Phi) is 6.83. The molecule has 0 bridgehead atoms. The van der Waals surface area contributed by atoms with Crippen LogP contribution in [-0.4, -0.2) is 5.84 Å². The van der Waals surface area contributed by atoms with Crippen molar-refractivity contribution in [3.8, 4) is 0 Å². The summed E-state index contributed by atoms with van der Waals surface area (Å²) in [5.41, 5.74) is 6.17. The molecular weight excluding hydrogens is 414 g/mol. The zero-order chi connectivity index (χ0) is 24.1. The van der Waals surface area contributed by atoms with Crippen molar-refractivity contribution in [1.82, 2.24) is 0 Å². The Morgan fingerprint density at radius 2 is 1.29 bits per heavy atom. The normalized spacial score (nSPS) is 12.1. The van der Waals surface area contributed by atoms with E-state index in [1.807, 2.05) is 54.6 Å². The van der Waals surface area contributed by atoms with Gasteiger partial charge in [-0.2, -0.15) is 0 Å². The van der Waals surface area contributed by atoms with Crippen molar-refractivity contribution in [2.75, 3.05) is 10.2 Å². The van der Waals surface area contributed by atoms with Crippen LogP contribution in [0.15, 0.2) is 109 Å². The number of hydrogen-bond donors (Lipinski definition) is 2. The van der Waals surface area contributed by atoms with Gasteiger partial charge < -0.3 is 10.2 Å². The summed E-state index contributed by atoms with van der Waals surface area (Å²) in [6, 6.07) is 37.0. The van der Waals surface area contributed by atoms with Crippen molar-refractivity contribution in [3.63, 3.8) is 0 Å². The van der Waals surface area contributed by atoms with Crippen molar-refractivity contribution < 1.29 is 0 Å². The van der Waals surface area contributed by atoms with Crippen LogP contribution in [0.1, 0.15) is 50.4 Å². The van der Waals surface area contributed by atoms with Crippen LogP contribution in [0.3, 0.4) is 0 Å². The molecule has 4 aromatic carbocycles. The van der Waals surface area contributed by atoms with Gasteiger partial charge in [0.1, 0.15) is 5.84 Å². The van der Waals surface area contributed by atoms with Gasteiger partial charge in [0.15, 0.2) is 0 Å². The predicted molar refractivity (Wildman–Crippen MR) is 145 cm³/mol. The summed E-state index contributed by atoms with van der Waals surface area (Å²) >= 11 is 0. The van der Waals surface area contributed by atoms with E-state index in [2.05, 4.69) is 92.5 Å². The molecule has 0 saturated heterocycles. The van der Waals surface area contributed by atoms with Crippen molar-refractivity contribution >= 4 is 22.9 Å². The molecule has 172 valence electrons. The van der Waals surface area contributed by atoms with Gasteiger partial charge in [0.2, 0.25) is 0 Å². The van der Waals surface area contributed by atoms with Crippen LogP contribution in [-0.2, 0) is 5.41 Å². The van der Waals surface area contributed by atoms with Crippen LogP contribution in [0.25, 0.3) is 0 Å². The fraction of sp³-hybridized carbons (Fsp3) is 0.194. The molecule has 1 atom stereocenters. The SMILES string of the molecule is CC(c1ccccc1)N(C(=N)c1ccccc1)c1c(Nc2ccccc2)cccc1C(C)(C)C. The molecule has 34 heavy (non-hydrogen) atoms. The lowest BCUT2D eigenvalue weighted by atomic mass is 9.84.